The number of anilines is 2. The van der Waals surface area contributed by atoms with Crippen LogP contribution in [0.1, 0.15) is 34.8 Å². The van der Waals surface area contributed by atoms with Gasteiger partial charge in [0.25, 0.3) is 5.91 Å². The SMILES string of the molecule is CCC(Sc1cccc(NC(=O)c2ccc(C)cc2)c1)C(=O)Nc1ccccc1C(F)(F)F. The first-order valence-electron chi connectivity index (χ1n) is 10.3. The molecule has 2 amide bonds. The highest BCUT2D eigenvalue weighted by Crippen LogP contribution is 2.35. The summed E-state index contributed by atoms with van der Waals surface area (Å²) in [6, 6.07) is 19.1. The van der Waals surface area contributed by atoms with E-state index in [9.17, 15) is 22.8 Å². The Morgan fingerprint density at radius 3 is 2.30 bits per heavy atom. The Morgan fingerprint density at radius 2 is 1.64 bits per heavy atom. The van der Waals surface area contributed by atoms with Crippen molar-refractivity contribution in [2.75, 3.05) is 10.6 Å². The second-order valence-electron chi connectivity index (χ2n) is 7.40. The van der Waals surface area contributed by atoms with Crippen LogP contribution in [-0.4, -0.2) is 17.1 Å². The van der Waals surface area contributed by atoms with Gasteiger partial charge in [-0.15, -0.1) is 11.8 Å². The van der Waals surface area contributed by atoms with Gasteiger partial charge in [-0.05, 0) is 55.8 Å². The summed E-state index contributed by atoms with van der Waals surface area (Å²) in [6.07, 6.45) is -4.16. The van der Waals surface area contributed by atoms with Crippen LogP contribution in [-0.2, 0) is 11.0 Å². The molecule has 3 aromatic carbocycles. The molecular formula is C25H23F3N2O2S. The molecule has 8 heteroatoms. The topological polar surface area (TPSA) is 58.2 Å². The molecule has 1 atom stereocenters. The number of aryl methyl sites for hydroxylation is 1. The van der Waals surface area contributed by atoms with Gasteiger partial charge in [0.15, 0.2) is 0 Å². The van der Waals surface area contributed by atoms with Crippen molar-refractivity contribution < 1.29 is 22.8 Å². The summed E-state index contributed by atoms with van der Waals surface area (Å²) < 4.78 is 39.7. The van der Waals surface area contributed by atoms with Gasteiger partial charge in [0.2, 0.25) is 5.91 Å². The largest absolute Gasteiger partial charge is 0.418 e. The van der Waals surface area contributed by atoms with Crippen molar-refractivity contribution in [3.8, 4) is 0 Å². The Labute approximate surface area is 194 Å². The Kier molecular flexibility index (Phi) is 7.81. The van der Waals surface area contributed by atoms with E-state index >= 15 is 0 Å². The number of carbonyl (C=O) groups excluding carboxylic acids is 2. The van der Waals surface area contributed by atoms with Gasteiger partial charge in [-0.1, -0.05) is 42.8 Å². The molecular weight excluding hydrogens is 449 g/mol. The summed E-state index contributed by atoms with van der Waals surface area (Å²) in [5.74, 6) is -0.779. The van der Waals surface area contributed by atoms with Crippen molar-refractivity contribution in [2.45, 2.75) is 36.6 Å². The van der Waals surface area contributed by atoms with Crippen LogP contribution in [0.4, 0.5) is 24.5 Å². The Hall–Kier alpha value is -3.26. The number of carbonyl (C=O) groups is 2. The van der Waals surface area contributed by atoms with Crippen molar-refractivity contribution in [3.63, 3.8) is 0 Å². The maximum atomic E-state index is 13.2. The lowest BCUT2D eigenvalue weighted by Crippen LogP contribution is -2.26. The van der Waals surface area contributed by atoms with E-state index in [0.717, 1.165) is 11.6 Å². The van der Waals surface area contributed by atoms with E-state index in [0.29, 0.717) is 22.6 Å². The van der Waals surface area contributed by atoms with Crippen LogP contribution in [0.15, 0.2) is 77.7 Å². The molecule has 0 aliphatic carbocycles. The first-order chi connectivity index (χ1) is 15.7. The third-order valence-electron chi connectivity index (χ3n) is 4.84. The predicted molar refractivity (Wildman–Crippen MR) is 126 cm³/mol. The van der Waals surface area contributed by atoms with Gasteiger partial charge in [-0.3, -0.25) is 9.59 Å². The molecule has 0 bridgehead atoms. The standard InChI is InChI=1S/C25H23F3N2O2S/c1-3-22(24(32)30-21-10-5-4-9-20(21)25(26,27)28)33-19-8-6-7-18(15-19)29-23(31)17-13-11-16(2)12-14-17/h4-15,22H,3H2,1-2H3,(H,29,31)(H,30,32). The molecule has 4 nitrogen and oxygen atoms in total. The number of hydrogen-bond acceptors (Lipinski definition) is 3. The molecule has 3 aromatic rings. The zero-order valence-electron chi connectivity index (χ0n) is 18.1. The molecule has 0 spiro atoms. The fourth-order valence-electron chi connectivity index (χ4n) is 3.09. The summed E-state index contributed by atoms with van der Waals surface area (Å²) in [7, 11) is 0. The van der Waals surface area contributed by atoms with Crippen LogP contribution in [0.25, 0.3) is 0 Å². The van der Waals surface area contributed by atoms with Crippen molar-refractivity contribution in [1.29, 1.82) is 0 Å². The minimum absolute atomic E-state index is 0.259. The van der Waals surface area contributed by atoms with Gasteiger partial charge >= 0.3 is 6.18 Å². The second kappa shape index (κ2) is 10.6. The Balaban J connectivity index is 1.70. The van der Waals surface area contributed by atoms with Gasteiger partial charge in [-0.25, -0.2) is 0 Å². The minimum Gasteiger partial charge on any atom is -0.325 e. The lowest BCUT2D eigenvalue weighted by atomic mass is 10.1. The molecule has 3 rings (SSSR count). The fourth-order valence-corrected chi connectivity index (χ4v) is 4.11. The van der Waals surface area contributed by atoms with Crippen LogP contribution in [0.5, 0.6) is 0 Å². The van der Waals surface area contributed by atoms with E-state index in [-0.39, 0.29) is 11.6 Å². The van der Waals surface area contributed by atoms with Gasteiger partial charge in [0.05, 0.1) is 16.5 Å². The van der Waals surface area contributed by atoms with E-state index in [2.05, 4.69) is 10.6 Å². The van der Waals surface area contributed by atoms with Crippen LogP contribution in [0.3, 0.4) is 0 Å². The second-order valence-corrected chi connectivity index (χ2v) is 8.67. The van der Waals surface area contributed by atoms with Crippen LogP contribution < -0.4 is 10.6 Å². The van der Waals surface area contributed by atoms with Crippen molar-refractivity contribution in [1.82, 2.24) is 0 Å². The summed E-state index contributed by atoms with van der Waals surface area (Å²) in [5, 5.41) is 4.62. The van der Waals surface area contributed by atoms with Crippen LogP contribution >= 0.6 is 11.8 Å². The number of thioether (sulfide) groups is 1. The number of halogens is 3. The molecule has 0 heterocycles. The molecule has 172 valence electrons. The number of para-hydroxylation sites is 1. The molecule has 0 fully saturated rings. The summed E-state index contributed by atoms with van der Waals surface area (Å²) in [6.45, 7) is 3.72. The monoisotopic (exact) mass is 472 g/mol. The quantitative estimate of drug-likeness (QED) is 0.373. The number of amides is 2. The lowest BCUT2D eigenvalue weighted by molar-refractivity contribution is -0.137. The number of nitrogens with one attached hydrogen (secondary N) is 2. The fraction of sp³-hybridized carbons (Fsp3) is 0.200. The van der Waals surface area contributed by atoms with Crippen molar-refractivity contribution in [2.24, 2.45) is 0 Å². The van der Waals surface area contributed by atoms with Gasteiger partial charge < -0.3 is 10.6 Å². The highest BCUT2D eigenvalue weighted by Gasteiger charge is 2.34. The highest BCUT2D eigenvalue weighted by atomic mass is 32.2. The van der Waals surface area contributed by atoms with Gasteiger partial charge in [0, 0.05) is 16.1 Å². The minimum atomic E-state index is -4.57. The number of alkyl halides is 3. The normalized spacial score (nSPS) is 12.2. The van der Waals surface area contributed by atoms with Crippen LogP contribution in [0.2, 0.25) is 0 Å². The van der Waals surface area contributed by atoms with E-state index in [1.165, 1.54) is 30.0 Å². The zero-order chi connectivity index (χ0) is 24.0. The summed E-state index contributed by atoms with van der Waals surface area (Å²) in [4.78, 5) is 25.9. The third kappa shape index (κ3) is 6.61. The number of hydrogen-bond donors (Lipinski definition) is 2. The van der Waals surface area contributed by atoms with E-state index in [4.69, 9.17) is 0 Å². The molecule has 0 saturated carbocycles. The Morgan fingerprint density at radius 1 is 0.939 bits per heavy atom. The molecule has 0 saturated heterocycles. The van der Waals surface area contributed by atoms with E-state index < -0.39 is 22.9 Å². The molecule has 0 aromatic heterocycles. The first kappa shape index (κ1) is 24.4. The van der Waals surface area contributed by atoms with Crippen molar-refractivity contribution >= 4 is 35.0 Å². The average Bonchev–Trinajstić information content (AvgIpc) is 2.77. The summed E-state index contributed by atoms with van der Waals surface area (Å²) >= 11 is 1.22. The number of rotatable bonds is 7. The molecule has 0 radical (unpaired) electrons. The molecule has 0 aliphatic rings. The van der Waals surface area contributed by atoms with Crippen molar-refractivity contribution in [3.05, 3.63) is 89.5 Å². The highest BCUT2D eigenvalue weighted by molar-refractivity contribution is 8.00. The molecule has 33 heavy (non-hydrogen) atoms. The number of benzene rings is 3. The predicted octanol–water partition coefficient (Wildman–Crippen LogP) is 6.78. The molecule has 2 N–H and O–H groups in total. The lowest BCUT2D eigenvalue weighted by Gasteiger charge is -2.18. The summed E-state index contributed by atoms with van der Waals surface area (Å²) in [5.41, 5.74) is 0.968. The Bertz CT molecular complexity index is 1130. The van der Waals surface area contributed by atoms with E-state index in [1.54, 1.807) is 43.3 Å². The van der Waals surface area contributed by atoms with Crippen LogP contribution in [0, 0.1) is 6.92 Å². The van der Waals surface area contributed by atoms with Gasteiger partial charge in [0.1, 0.15) is 0 Å². The zero-order valence-corrected chi connectivity index (χ0v) is 18.9. The average molecular weight is 473 g/mol. The maximum absolute atomic E-state index is 13.2. The van der Waals surface area contributed by atoms with E-state index in [1.807, 2.05) is 19.1 Å². The molecule has 0 aliphatic heterocycles. The molecule has 1 unspecified atom stereocenters. The smallest absolute Gasteiger partial charge is 0.325 e. The van der Waals surface area contributed by atoms with Gasteiger partial charge in [-0.2, -0.15) is 13.2 Å². The first-order valence-corrected chi connectivity index (χ1v) is 11.2. The maximum Gasteiger partial charge on any atom is 0.418 e. The third-order valence-corrected chi connectivity index (χ3v) is 6.20.